The number of carbonyl (C=O) groups is 1. The monoisotopic (exact) mass is 118 g/mol. The lowest BCUT2D eigenvalue weighted by molar-refractivity contribution is -0.144. The largest absolute Gasteiger partial charge is 0.372 e. The van der Waals surface area contributed by atoms with Gasteiger partial charge in [0.2, 0.25) is 0 Å². The Morgan fingerprint density at radius 1 is 1.75 bits per heavy atom. The van der Waals surface area contributed by atoms with Crippen LogP contribution in [0.2, 0.25) is 0 Å². The van der Waals surface area contributed by atoms with Crippen molar-refractivity contribution in [2.45, 2.75) is 0 Å². The average molecular weight is 118 g/mol. The Kier molecular flexibility index (Phi) is 3.14. The molecule has 0 saturated heterocycles. The van der Waals surface area contributed by atoms with Crippen LogP contribution in [0.5, 0.6) is 0 Å². The zero-order valence-electron chi connectivity index (χ0n) is 5.05. The number of nitrogens with two attached hydrogens (primary N) is 1. The average Bonchev–Trinajstić information content (AvgIpc) is 1.65. The molecule has 0 aliphatic heterocycles. The van der Waals surface area contributed by atoms with Crippen LogP contribution in [-0.2, 0) is 9.63 Å². The van der Waals surface area contributed by atoms with Crippen LogP contribution in [0.15, 0.2) is 0 Å². The van der Waals surface area contributed by atoms with Crippen LogP contribution in [-0.4, -0.2) is 31.5 Å². The van der Waals surface area contributed by atoms with Gasteiger partial charge in [0.15, 0.2) is 0 Å². The van der Waals surface area contributed by atoms with Crippen LogP contribution in [0.3, 0.4) is 0 Å². The first-order chi connectivity index (χ1) is 3.66. The Bertz CT molecular complexity index is 82.1. The molecule has 48 valence electrons. The first-order valence-corrected chi connectivity index (χ1v) is 2.21. The van der Waals surface area contributed by atoms with Gasteiger partial charge < -0.3 is 4.84 Å². The number of hydrogen-bond donors (Lipinski definition) is 1. The molecule has 0 saturated carbocycles. The quantitative estimate of drug-likeness (QED) is 0.471. The van der Waals surface area contributed by atoms with Gasteiger partial charge >= 0.3 is 5.97 Å². The minimum atomic E-state index is -0.421. The number of likely N-dealkylation sites (N-methyl/N-ethyl adjacent to an activating group) is 1. The molecule has 0 rings (SSSR count). The van der Waals surface area contributed by atoms with Crippen molar-refractivity contribution >= 4 is 5.97 Å². The van der Waals surface area contributed by atoms with Gasteiger partial charge in [-0.15, -0.1) is 0 Å². The maximum Gasteiger partial charge on any atom is 0.338 e. The molecule has 0 bridgehead atoms. The third-order valence-corrected chi connectivity index (χ3v) is 0.577. The van der Waals surface area contributed by atoms with Crippen LogP contribution in [0.4, 0.5) is 0 Å². The number of hydrogen-bond acceptors (Lipinski definition) is 4. The minimum Gasteiger partial charge on any atom is -0.372 e. The number of carbonyl (C=O) groups excluding carboxylic acids is 1. The zero-order chi connectivity index (χ0) is 6.57. The molecule has 0 aliphatic rings. The number of rotatable bonds is 2. The molecule has 0 aromatic heterocycles. The van der Waals surface area contributed by atoms with Gasteiger partial charge in [-0.2, -0.15) is 5.90 Å². The van der Waals surface area contributed by atoms with Crippen molar-refractivity contribution in [3.8, 4) is 0 Å². The molecule has 0 aromatic rings. The third-order valence-electron chi connectivity index (χ3n) is 0.577. The fourth-order valence-corrected chi connectivity index (χ4v) is 0.295. The molecule has 0 heterocycles. The second-order valence-electron chi connectivity index (χ2n) is 1.73. The fraction of sp³-hybridized carbons (Fsp3) is 0.750. The van der Waals surface area contributed by atoms with Crippen LogP contribution in [0.25, 0.3) is 0 Å². The van der Waals surface area contributed by atoms with Gasteiger partial charge in [-0.1, -0.05) is 0 Å². The van der Waals surface area contributed by atoms with E-state index in [1.54, 1.807) is 19.0 Å². The highest BCUT2D eigenvalue weighted by Gasteiger charge is 1.99. The summed E-state index contributed by atoms with van der Waals surface area (Å²) in [6.45, 7) is 0.233. The molecule has 0 unspecified atom stereocenters. The van der Waals surface area contributed by atoms with Crippen molar-refractivity contribution < 1.29 is 9.63 Å². The maximum atomic E-state index is 10.2. The molecule has 0 radical (unpaired) electrons. The van der Waals surface area contributed by atoms with Crippen molar-refractivity contribution in [2.24, 2.45) is 5.90 Å². The van der Waals surface area contributed by atoms with Crippen molar-refractivity contribution in [3.05, 3.63) is 0 Å². The minimum absolute atomic E-state index is 0.233. The SMILES string of the molecule is CN(C)CC(=O)ON. The molecule has 0 amide bonds. The molecular weight excluding hydrogens is 108 g/mol. The first kappa shape index (κ1) is 7.39. The highest BCUT2D eigenvalue weighted by Crippen LogP contribution is 1.74. The predicted molar refractivity (Wildman–Crippen MR) is 28.8 cm³/mol. The van der Waals surface area contributed by atoms with Gasteiger partial charge in [0.05, 0.1) is 6.54 Å². The van der Waals surface area contributed by atoms with E-state index < -0.39 is 5.97 Å². The van der Waals surface area contributed by atoms with Crippen molar-refractivity contribution in [2.75, 3.05) is 20.6 Å². The highest BCUT2D eigenvalue weighted by molar-refractivity contribution is 5.71. The van der Waals surface area contributed by atoms with E-state index in [0.717, 1.165) is 0 Å². The Morgan fingerprint density at radius 3 is 2.38 bits per heavy atom. The van der Waals surface area contributed by atoms with E-state index in [1.165, 1.54) is 0 Å². The molecule has 4 heteroatoms. The summed E-state index contributed by atoms with van der Waals surface area (Å²) >= 11 is 0. The van der Waals surface area contributed by atoms with E-state index in [1.807, 2.05) is 0 Å². The van der Waals surface area contributed by atoms with E-state index in [0.29, 0.717) is 0 Å². The third kappa shape index (κ3) is 3.58. The van der Waals surface area contributed by atoms with E-state index in [9.17, 15) is 4.79 Å². The van der Waals surface area contributed by atoms with Crippen LogP contribution < -0.4 is 5.90 Å². The fourth-order valence-electron chi connectivity index (χ4n) is 0.295. The zero-order valence-corrected chi connectivity index (χ0v) is 5.05. The molecule has 8 heavy (non-hydrogen) atoms. The Labute approximate surface area is 48.2 Å². The summed E-state index contributed by atoms with van der Waals surface area (Å²) in [7, 11) is 3.52. The van der Waals surface area contributed by atoms with Gasteiger partial charge in [0.25, 0.3) is 0 Å². The van der Waals surface area contributed by atoms with E-state index in [-0.39, 0.29) is 6.54 Å². The summed E-state index contributed by atoms with van der Waals surface area (Å²) in [5, 5.41) is 0. The lowest BCUT2D eigenvalue weighted by Gasteiger charge is -2.04. The second kappa shape index (κ2) is 3.40. The van der Waals surface area contributed by atoms with Crippen molar-refractivity contribution in [3.63, 3.8) is 0 Å². The van der Waals surface area contributed by atoms with Gasteiger partial charge in [0.1, 0.15) is 0 Å². The van der Waals surface area contributed by atoms with Crippen molar-refractivity contribution in [1.82, 2.24) is 4.90 Å². The van der Waals surface area contributed by atoms with Crippen LogP contribution >= 0.6 is 0 Å². The lowest BCUT2D eigenvalue weighted by Crippen LogP contribution is -2.25. The van der Waals surface area contributed by atoms with Crippen molar-refractivity contribution in [1.29, 1.82) is 0 Å². The van der Waals surface area contributed by atoms with Gasteiger partial charge in [0, 0.05) is 0 Å². The smallest absolute Gasteiger partial charge is 0.338 e. The molecule has 0 fully saturated rings. The molecular formula is C4H10N2O2. The van der Waals surface area contributed by atoms with Gasteiger partial charge in [-0.25, -0.2) is 4.79 Å². The van der Waals surface area contributed by atoms with Crippen LogP contribution in [0, 0.1) is 0 Å². The lowest BCUT2D eigenvalue weighted by atomic mass is 10.6. The maximum absolute atomic E-state index is 10.2. The second-order valence-corrected chi connectivity index (χ2v) is 1.73. The molecule has 0 aromatic carbocycles. The summed E-state index contributed by atoms with van der Waals surface area (Å²) in [5.41, 5.74) is 0. The standard InChI is InChI=1S/C4H10N2O2/c1-6(2)3-4(7)8-5/h3,5H2,1-2H3. The summed E-state index contributed by atoms with van der Waals surface area (Å²) in [6.07, 6.45) is 0. The molecule has 0 aliphatic carbocycles. The normalized spacial score (nSPS) is 9.50. The topological polar surface area (TPSA) is 55.6 Å². The molecule has 4 nitrogen and oxygen atoms in total. The highest BCUT2D eigenvalue weighted by atomic mass is 16.7. The molecule has 0 spiro atoms. The summed E-state index contributed by atoms with van der Waals surface area (Å²) in [6, 6.07) is 0. The summed E-state index contributed by atoms with van der Waals surface area (Å²) in [4.78, 5) is 15.8. The Balaban J connectivity index is 3.25. The Morgan fingerprint density at radius 2 is 2.25 bits per heavy atom. The van der Waals surface area contributed by atoms with E-state index in [4.69, 9.17) is 0 Å². The number of nitrogens with zero attached hydrogens (tertiary/aromatic N) is 1. The van der Waals surface area contributed by atoms with Crippen LogP contribution in [0.1, 0.15) is 0 Å². The van der Waals surface area contributed by atoms with Gasteiger partial charge in [-0.3, -0.25) is 4.90 Å². The summed E-state index contributed by atoms with van der Waals surface area (Å²) < 4.78 is 0. The van der Waals surface area contributed by atoms with Gasteiger partial charge in [-0.05, 0) is 14.1 Å². The van der Waals surface area contributed by atoms with E-state index >= 15 is 0 Å². The molecule has 2 N–H and O–H groups in total. The predicted octanol–water partition coefficient (Wildman–Crippen LogP) is -1.04. The molecule has 0 atom stereocenters. The van der Waals surface area contributed by atoms with E-state index in [2.05, 4.69) is 10.7 Å². The first-order valence-electron chi connectivity index (χ1n) is 2.21. The summed E-state index contributed by atoms with van der Waals surface area (Å²) in [5.74, 6) is 4.12. The Hall–Kier alpha value is -0.610.